The van der Waals surface area contributed by atoms with Crippen LogP contribution in [0.3, 0.4) is 0 Å². The van der Waals surface area contributed by atoms with E-state index in [1.165, 1.54) is 25.7 Å². The van der Waals surface area contributed by atoms with Crippen molar-refractivity contribution in [2.75, 3.05) is 23.3 Å². The Hall–Kier alpha value is -2.80. The number of rotatable bonds is 6. The van der Waals surface area contributed by atoms with Crippen molar-refractivity contribution in [2.24, 2.45) is 13.0 Å². The summed E-state index contributed by atoms with van der Waals surface area (Å²) in [4.78, 5) is 15.9. The number of amides is 1. The Labute approximate surface area is 193 Å². The third-order valence-corrected chi connectivity index (χ3v) is 7.23. The van der Waals surface area contributed by atoms with Crippen LogP contribution in [-0.4, -0.2) is 33.8 Å². The predicted octanol–water partition coefficient (Wildman–Crippen LogP) is 5.36. The standard InChI is InChI=1S/C25H29N5OS/c1-29-23(27-28-25(29)32-20-9-5-4-6-10-20)21-14-13-19(26-24(31)18-11-12-18)17-22(21)30-15-7-2-3-8-16-30/h4-6,9-10,13-14,17-18H,2-3,7-8,11-12,15-16H2,1H3,(H,26,31). The average molecular weight is 448 g/mol. The topological polar surface area (TPSA) is 63.1 Å². The Kier molecular flexibility index (Phi) is 6.17. The number of carbonyl (C=O) groups is 1. The molecular formula is C25H29N5OS. The molecule has 5 rings (SSSR count). The van der Waals surface area contributed by atoms with Crippen LogP contribution in [0.15, 0.2) is 58.6 Å². The normalized spacial score (nSPS) is 16.6. The lowest BCUT2D eigenvalue weighted by molar-refractivity contribution is -0.117. The van der Waals surface area contributed by atoms with Gasteiger partial charge in [0.25, 0.3) is 0 Å². The van der Waals surface area contributed by atoms with Gasteiger partial charge in [0.15, 0.2) is 11.0 Å². The lowest BCUT2D eigenvalue weighted by Gasteiger charge is -2.26. The third kappa shape index (κ3) is 4.67. The maximum atomic E-state index is 12.3. The summed E-state index contributed by atoms with van der Waals surface area (Å²) in [6.07, 6.45) is 6.92. The van der Waals surface area contributed by atoms with Gasteiger partial charge in [0.2, 0.25) is 5.91 Å². The van der Waals surface area contributed by atoms with Crippen LogP contribution >= 0.6 is 11.8 Å². The fraction of sp³-hybridized carbons (Fsp3) is 0.400. The van der Waals surface area contributed by atoms with Crippen LogP contribution in [0, 0.1) is 5.92 Å². The van der Waals surface area contributed by atoms with Gasteiger partial charge in [0.1, 0.15) is 0 Å². The van der Waals surface area contributed by atoms with Crippen molar-refractivity contribution in [3.63, 3.8) is 0 Å². The van der Waals surface area contributed by atoms with Gasteiger partial charge in [-0.25, -0.2) is 0 Å². The van der Waals surface area contributed by atoms with Crippen LogP contribution in [-0.2, 0) is 11.8 Å². The SMILES string of the molecule is Cn1c(Sc2ccccc2)nnc1-c1ccc(NC(=O)C2CC2)cc1N1CCCCCC1. The van der Waals surface area contributed by atoms with Gasteiger partial charge in [-0.2, -0.15) is 0 Å². The van der Waals surface area contributed by atoms with Gasteiger partial charge in [-0.05, 0) is 67.8 Å². The number of hydrogen-bond donors (Lipinski definition) is 1. The van der Waals surface area contributed by atoms with Crippen LogP contribution in [0.25, 0.3) is 11.4 Å². The van der Waals surface area contributed by atoms with E-state index in [4.69, 9.17) is 0 Å². The Bertz CT molecular complexity index is 1080. The van der Waals surface area contributed by atoms with E-state index >= 15 is 0 Å². The van der Waals surface area contributed by atoms with Crippen LogP contribution < -0.4 is 10.2 Å². The second-order valence-corrected chi connectivity index (χ2v) is 9.72. The minimum atomic E-state index is 0.139. The first-order valence-electron chi connectivity index (χ1n) is 11.5. The van der Waals surface area contributed by atoms with E-state index in [-0.39, 0.29) is 11.8 Å². The van der Waals surface area contributed by atoms with Crippen LogP contribution in [0.4, 0.5) is 11.4 Å². The van der Waals surface area contributed by atoms with Crippen LogP contribution in [0.5, 0.6) is 0 Å². The van der Waals surface area contributed by atoms with E-state index < -0.39 is 0 Å². The first kappa shape index (κ1) is 21.1. The fourth-order valence-electron chi connectivity index (χ4n) is 4.19. The fourth-order valence-corrected chi connectivity index (χ4v) is 5.00. The molecule has 32 heavy (non-hydrogen) atoms. The molecule has 7 heteroatoms. The third-order valence-electron chi connectivity index (χ3n) is 6.19. The molecule has 2 aromatic carbocycles. The monoisotopic (exact) mass is 447 g/mol. The molecule has 1 amide bonds. The van der Waals surface area contributed by atoms with E-state index in [1.807, 2.05) is 31.3 Å². The number of nitrogens with one attached hydrogen (secondary N) is 1. The minimum Gasteiger partial charge on any atom is -0.371 e. The first-order valence-corrected chi connectivity index (χ1v) is 12.3. The minimum absolute atomic E-state index is 0.139. The summed E-state index contributed by atoms with van der Waals surface area (Å²) < 4.78 is 2.07. The zero-order valence-corrected chi connectivity index (χ0v) is 19.3. The highest BCUT2D eigenvalue weighted by molar-refractivity contribution is 7.99. The number of nitrogens with zero attached hydrogens (tertiary/aromatic N) is 4. The second kappa shape index (κ2) is 9.36. The highest BCUT2D eigenvalue weighted by atomic mass is 32.2. The number of hydrogen-bond acceptors (Lipinski definition) is 5. The lowest BCUT2D eigenvalue weighted by Crippen LogP contribution is -2.25. The molecule has 1 saturated carbocycles. The summed E-state index contributed by atoms with van der Waals surface area (Å²) in [6.45, 7) is 2.05. The largest absolute Gasteiger partial charge is 0.371 e. The number of aromatic nitrogens is 3. The molecule has 1 N–H and O–H groups in total. The van der Waals surface area contributed by atoms with Gasteiger partial charge in [-0.1, -0.05) is 31.0 Å². The number of benzene rings is 2. The Balaban J connectivity index is 1.48. The summed E-state index contributed by atoms with van der Waals surface area (Å²) in [5.41, 5.74) is 3.06. The van der Waals surface area contributed by atoms with Crippen molar-refractivity contribution < 1.29 is 4.79 Å². The first-order chi connectivity index (χ1) is 15.7. The molecule has 166 valence electrons. The van der Waals surface area contributed by atoms with Gasteiger partial charge < -0.3 is 14.8 Å². The molecule has 0 unspecified atom stereocenters. The van der Waals surface area contributed by atoms with Gasteiger partial charge in [-0.3, -0.25) is 4.79 Å². The molecule has 0 spiro atoms. The molecule has 1 aromatic heterocycles. The van der Waals surface area contributed by atoms with E-state index in [1.54, 1.807) is 11.8 Å². The smallest absolute Gasteiger partial charge is 0.227 e. The molecule has 6 nitrogen and oxygen atoms in total. The van der Waals surface area contributed by atoms with Gasteiger partial charge in [0, 0.05) is 47.9 Å². The average Bonchev–Trinajstić information content (AvgIpc) is 3.63. The van der Waals surface area contributed by atoms with Crippen LogP contribution in [0.1, 0.15) is 38.5 Å². The van der Waals surface area contributed by atoms with E-state index in [0.717, 1.165) is 58.7 Å². The number of anilines is 2. The zero-order valence-electron chi connectivity index (χ0n) is 18.5. The molecule has 1 saturated heterocycles. The van der Waals surface area contributed by atoms with E-state index in [0.29, 0.717) is 0 Å². The van der Waals surface area contributed by atoms with Crippen molar-refractivity contribution in [1.29, 1.82) is 0 Å². The Morgan fingerprint density at radius 3 is 2.47 bits per heavy atom. The Morgan fingerprint density at radius 1 is 1.00 bits per heavy atom. The van der Waals surface area contributed by atoms with Crippen LogP contribution in [0.2, 0.25) is 0 Å². The molecule has 1 aliphatic carbocycles. The van der Waals surface area contributed by atoms with Gasteiger partial charge in [0.05, 0.1) is 0 Å². The molecule has 2 aliphatic rings. The maximum Gasteiger partial charge on any atom is 0.227 e. The van der Waals surface area contributed by atoms with Crippen molar-refractivity contribution in [1.82, 2.24) is 14.8 Å². The van der Waals surface area contributed by atoms with Crippen molar-refractivity contribution in [3.05, 3.63) is 48.5 Å². The summed E-state index contributed by atoms with van der Waals surface area (Å²) >= 11 is 1.61. The summed E-state index contributed by atoms with van der Waals surface area (Å²) in [5.74, 6) is 1.18. The summed E-state index contributed by atoms with van der Waals surface area (Å²) in [7, 11) is 2.02. The molecule has 1 aliphatic heterocycles. The van der Waals surface area contributed by atoms with E-state index in [2.05, 4.69) is 49.2 Å². The predicted molar refractivity (Wildman–Crippen MR) is 129 cm³/mol. The molecular weight excluding hydrogens is 418 g/mol. The molecule has 2 fully saturated rings. The van der Waals surface area contributed by atoms with Crippen molar-refractivity contribution in [3.8, 4) is 11.4 Å². The lowest BCUT2D eigenvalue weighted by atomic mass is 10.1. The number of carbonyl (C=O) groups excluding carboxylic acids is 1. The summed E-state index contributed by atoms with van der Waals surface area (Å²) in [5, 5.41) is 13.0. The molecule has 3 aromatic rings. The van der Waals surface area contributed by atoms with Gasteiger partial charge >= 0.3 is 0 Å². The van der Waals surface area contributed by atoms with Gasteiger partial charge in [-0.15, -0.1) is 10.2 Å². The van der Waals surface area contributed by atoms with Crippen molar-refractivity contribution >= 4 is 29.0 Å². The molecule has 0 atom stereocenters. The Morgan fingerprint density at radius 2 is 1.75 bits per heavy atom. The quantitative estimate of drug-likeness (QED) is 0.551. The molecule has 0 radical (unpaired) electrons. The highest BCUT2D eigenvalue weighted by Crippen LogP contribution is 2.37. The summed E-state index contributed by atoms with van der Waals surface area (Å²) in [6, 6.07) is 16.5. The highest BCUT2D eigenvalue weighted by Gasteiger charge is 2.30. The second-order valence-electron chi connectivity index (χ2n) is 8.68. The molecule has 0 bridgehead atoms. The van der Waals surface area contributed by atoms with Crippen molar-refractivity contribution in [2.45, 2.75) is 48.6 Å². The zero-order chi connectivity index (χ0) is 21.9. The van der Waals surface area contributed by atoms with E-state index in [9.17, 15) is 4.79 Å². The maximum absolute atomic E-state index is 12.3. The molecule has 2 heterocycles.